The van der Waals surface area contributed by atoms with Gasteiger partial charge in [0.25, 0.3) is 5.91 Å². The molecule has 0 saturated carbocycles. The summed E-state index contributed by atoms with van der Waals surface area (Å²) in [6.45, 7) is 5.46. The molecule has 0 radical (unpaired) electrons. The molecular formula is C22H24ClN3OS. The van der Waals surface area contributed by atoms with E-state index in [4.69, 9.17) is 16.6 Å². The van der Waals surface area contributed by atoms with Crippen molar-refractivity contribution in [3.63, 3.8) is 0 Å². The molecule has 2 aromatic carbocycles. The predicted octanol–water partition coefficient (Wildman–Crippen LogP) is 5.17. The van der Waals surface area contributed by atoms with Gasteiger partial charge in [-0.05, 0) is 62.8 Å². The van der Waals surface area contributed by atoms with E-state index >= 15 is 0 Å². The number of carbonyl (C=O) groups excluding carboxylic acids is 1. The average Bonchev–Trinajstić information content (AvgIpc) is 3.05. The van der Waals surface area contributed by atoms with Gasteiger partial charge in [-0.1, -0.05) is 47.2 Å². The molecule has 0 fully saturated rings. The Morgan fingerprint density at radius 3 is 2.64 bits per heavy atom. The number of rotatable bonds is 6. The highest BCUT2D eigenvalue weighted by molar-refractivity contribution is 7.22. The fourth-order valence-electron chi connectivity index (χ4n) is 2.94. The van der Waals surface area contributed by atoms with Crippen molar-refractivity contribution in [2.24, 2.45) is 0 Å². The third-order valence-electron chi connectivity index (χ3n) is 4.39. The van der Waals surface area contributed by atoms with Gasteiger partial charge < -0.3 is 4.90 Å². The zero-order valence-electron chi connectivity index (χ0n) is 16.6. The van der Waals surface area contributed by atoms with Gasteiger partial charge >= 0.3 is 0 Å². The van der Waals surface area contributed by atoms with Gasteiger partial charge in [-0.25, -0.2) is 4.98 Å². The van der Waals surface area contributed by atoms with Crippen molar-refractivity contribution in [1.29, 1.82) is 0 Å². The van der Waals surface area contributed by atoms with E-state index in [0.29, 0.717) is 11.6 Å². The summed E-state index contributed by atoms with van der Waals surface area (Å²) in [6, 6.07) is 11.7. The molecule has 0 spiro atoms. The largest absolute Gasteiger partial charge is 0.308 e. The van der Waals surface area contributed by atoms with E-state index < -0.39 is 0 Å². The molecule has 0 bridgehead atoms. The number of amides is 1. The number of thiazole rings is 1. The smallest absolute Gasteiger partial charge is 0.252 e. The summed E-state index contributed by atoms with van der Waals surface area (Å²) in [7, 11) is 3.99. The lowest BCUT2D eigenvalue weighted by Crippen LogP contribution is -2.35. The number of fused-ring (bicyclic) bond motifs is 1. The lowest BCUT2D eigenvalue weighted by atomic mass is 10.1. The van der Waals surface area contributed by atoms with E-state index in [1.807, 2.05) is 38.4 Å². The van der Waals surface area contributed by atoms with E-state index in [0.717, 1.165) is 27.5 Å². The number of hydrogen-bond donors (Lipinski definition) is 0. The van der Waals surface area contributed by atoms with E-state index in [-0.39, 0.29) is 5.91 Å². The number of nitrogens with zero attached hydrogens (tertiary/aromatic N) is 3. The van der Waals surface area contributed by atoms with Gasteiger partial charge in [0.2, 0.25) is 0 Å². The topological polar surface area (TPSA) is 36.4 Å². The zero-order valence-corrected chi connectivity index (χ0v) is 18.1. The maximum Gasteiger partial charge on any atom is 0.252 e. The van der Waals surface area contributed by atoms with Crippen LogP contribution in [0.3, 0.4) is 0 Å². The first-order valence-corrected chi connectivity index (χ1v) is 10.3. The molecule has 3 rings (SSSR count). The van der Waals surface area contributed by atoms with Crippen LogP contribution in [0.4, 0.5) is 5.13 Å². The first kappa shape index (κ1) is 20.5. The fourth-order valence-corrected chi connectivity index (χ4v) is 4.19. The first-order chi connectivity index (χ1) is 13.3. The number of hydrogen-bond acceptors (Lipinski definition) is 4. The lowest BCUT2D eigenvalue weighted by molar-refractivity contribution is -0.114. The molecule has 3 aromatic rings. The number of aromatic nitrogens is 1. The van der Waals surface area contributed by atoms with Crippen LogP contribution in [0.25, 0.3) is 16.3 Å². The van der Waals surface area contributed by atoms with Gasteiger partial charge in [-0.15, -0.1) is 0 Å². The molecule has 0 saturated heterocycles. The van der Waals surface area contributed by atoms with Crippen LogP contribution in [-0.2, 0) is 4.79 Å². The van der Waals surface area contributed by atoms with Crippen LogP contribution in [0, 0.1) is 13.8 Å². The number of likely N-dealkylation sites (N-methyl/N-ethyl adjacent to an activating group) is 1. The van der Waals surface area contributed by atoms with Crippen molar-refractivity contribution in [1.82, 2.24) is 9.88 Å². The van der Waals surface area contributed by atoms with Crippen molar-refractivity contribution >= 4 is 50.3 Å². The van der Waals surface area contributed by atoms with Crippen molar-refractivity contribution in [2.45, 2.75) is 13.8 Å². The Balaban J connectivity index is 1.93. The maximum absolute atomic E-state index is 13.0. The third-order valence-corrected chi connectivity index (χ3v) is 5.96. The Labute approximate surface area is 175 Å². The number of aryl methyl sites for hydroxylation is 2. The Morgan fingerprint density at radius 1 is 1.18 bits per heavy atom. The molecule has 0 aliphatic heterocycles. The standard InChI is InChI=1S/C22H24ClN3OS/c1-15-13-16(2)21-19(14-15)24-22(28-21)26(12-11-25(3)4)20(27)10-9-17-7-5-6-8-18(17)23/h5-10,13-14H,11-12H2,1-4H3. The van der Waals surface area contributed by atoms with Crippen molar-refractivity contribution in [3.8, 4) is 0 Å². The van der Waals surface area contributed by atoms with E-state index in [9.17, 15) is 4.79 Å². The molecule has 1 aromatic heterocycles. The number of benzene rings is 2. The number of anilines is 1. The normalized spacial score (nSPS) is 11.6. The van der Waals surface area contributed by atoms with Crippen LogP contribution in [0.15, 0.2) is 42.5 Å². The minimum Gasteiger partial charge on any atom is -0.308 e. The summed E-state index contributed by atoms with van der Waals surface area (Å²) >= 11 is 7.76. The average molecular weight is 414 g/mol. The third kappa shape index (κ3) is 4.79. The molecule has 0 N–H and O–H groups in total. The van der Waals surface area contributed by atoms with Crippen LogP contribution in [0.2, 0.25) is 5.02 Å². The molecule has 28 heavy (non-hydrogen) atoms. The van der Waals surface area contributed by atoms with Crippen LogP contribution in [0.1, 0.15) is 16.7 Å². The summed E-state index contributed by atoms with van der Waals surface area (Å²) in [5.74, 6) is -0.102. The second-order valence-electron chi connectivity index (χ2n) is 7.07. The quantitative estimate of drug-likeness (QED) is 0.523. The Kier molecular flexibility index (Phi) is 6.50. The van der Waals surface area contributed by atoms with Gasteiger partial charge in [-0.2, -0.15) is 0 Å². The Morgan fingerprint density at radius 2 is 1.93 bits per heavy atom. The zero-order chi connectivity index (χ0) is 20.3. The van der Waals surface area contributed by atoms with Gasteiger partial charge in [0.15, 0.2) is 5.13 Å². The first-order valence-electron chi connectivity index (χ1n) is 9.12. The highest BCUT2D eigenvalue weighted by Gasteiger charge is 2.19. The molecular weight excluding hydrogens is 390 g/mol. The van der Waals surface area contributed by atoms with Crippen LogP contribution in [0.5, 0.6) is 0 Å². The molecule has 4 nitrogen and oxygen atoms in total. The van der Waals surface area contributed by atoms with Crippen molar-refractivity contribution in [2.75, 3.05) is 32.1 Å². The SMILES string of the molecule is Cc1cc(C)c2sc(N(CCN(C)C)C(=O)C=Cc3ccccc3Cl)nc2c1. The van der Waals surface area contributed by atoms with Gasteiger partial charge in [0, 0.05) is 24.2 Å². The highest BCUT2D eigenvalue weighted by atomic mass is 35.5. The summed E-state index contributed by atoms with van der Waals surface area (Å²) in [4.78, 5) is 21.6. The molecule has 0 aliphatic carbocycles. The van der Waals surface area contributed by atoms with Crippen LogP contribution < -0.4 is 4.90 Å². The molecule has 1 heterocycles. The second kappa shape index (κ2) is 8.86. The fraction of sp³-hybridized carbons (Fsp3) is 0.273. The monoisotopic (exact) mass is 413 g/mol. The summed E-state index contributed by atoms with van der Waals surface area (Å²) in [5.41, 5.74) is 4.12. The predicted molar refractivity (Wildman–Crippen MR) is 120 cm³/mol. The summed E-state index contributed by atoms with van der Waals surface area (Å²) in [5, 5.41) is 1.34. The molecule has 0 atom stereocenters. The minimum absolute atomic E-state index is 0.102. The second-order valence-corrected chi connectivity index (χ2v) is 8.46. The summed E-state index contributed by atoms with van der Waals surface area (Å²) < 4.78 is 1.12. The maximum atomic E-state index is 13.0. The lowest BCUT2D eigenvalue weighted by Gasteiger charge is -2.20. The van der Waals surface area contributed by atoms with Gasteiger partial charge in [0.05, 0.1) is 10.2 Å². The molecule has 0 aliphatic rings. The van der Waals surface area contributed by atoms with E-state index in [1.54, 1.807) is 28.4 Å². The minimum atomic E-state index is -0.102. The molecule has 6 heteroatoms. The number of halogens is 1. The van der Waals surface area contributed by atoms with Gasteiger partial charge in [-0.3, -0.25) is 9.69 Å². The highest BCUT2D eigenvalue weighted by Crippen LogP contribution is 2.32. The van der Waals surface area contributed by atoms with Crippen LogP contribution >= 0.6 is 22.9 Å². The Bertz CT molecular complexity index is 1030. The van der Waals surface area contributed by atoms with E-state index in [1.165, 1.54) is 11.1 Å². The van der Waals surface area contributed by atoms with Crippen molar-refractivity contribution in [3.05, 3.63) is 64.2 Å². The van der Waals surface area contributed by atoms with Gasteiger partial charge in [0.1, 0.15) is 0 Å². The van der Waals surface area contributed by atoms with E-state index in [2.05, 4.69) is 30.9 Å². The summed E-state index contributed by atoms with van der Waals surface area (Å²) in [6.07, 6.45) is 3.33. The molecule has 0 unspecified atom stereocenters. The van der Waals surface area contributed by atoms with Crippen molar-refractivity contribution < 1.29 is 4.79 Å². The van der Waals surface area contributed by atoms with Crippen LogP contribution in [-0.4, -0.2) is 43.0 Å². The Hall–Kier alpha value is -2.21. The molecule has 1 amide bonds. The number of carbonyl (C=O) groups is 1. The molecule has 146 valence electrons.